The number of para-hydroxylation sites is 1. The van der Waals surface area contributed by atoms with E-state index in [9.17, 15) is 0 Å². The van der Waals surface area contributed by atoms with E-state index in [1.807, 2.05) is 133 Å². The zero-order chi connectivity index (χ0) is 37.1. The molecule has 2 heterocycles. The number of fused-ring (bicyclic) bond motifs is 3. The van der Waals surface area contributed by atoms with E-state index in [1.54, 1.807) is 0 Å². The van der Waals surface area contributed by atoms with Gasteiger partial charge in [0, 0.05) is 44.4 Å². The van der Waals surface area contributed by atoms with Crippen LogP contribution in [0, 0.1) is 0 Å². The van der Waals surface area contributed by atoms with Gasteiger partial charge in [-0.1, -0.05) is 164 Å². The summed E-state index contributed by atoms with van der Waals surface area (Å²) in [6.07, 6.45) is 3.69. The summed E-state index contributed by atoms with van der Waals surface area (Å²) in [6, 6.07) is 59.0. The summed E-state index contributed by atoms with van der Waals surface area (Å²) < 4.78 is 6.60. The van der Waals surface area contributed by atoms with Crippen molar-refractivity contribution in [1.82, 2.24) is 15.0 Å². The van der Waals surface area contributed by atoms with Crippen LogP contribution < -0.4 is 11.5 Å². The zero-order valence-corrected chi connectivity index (χ0v) is 29.8. The summed E-state index contributed by atoms with van der Waals surface area (Å²) in [5, 5.41) is 2.13. The normalized spacial score (nSPS) is 12.0. The first kappa shape index (κ1) is 33.3. The van der Waals surface area contributed by atoms with Crippen LogP contribution in [0.2, 0.25) is 0 Å². The third-order valence-corrected chi connectivity index (χ3v) is 9.76. The molecule has 7 aromatic carbocycles. The minimum Gasteiger partial charge on any atom is -0.455 e. The fraction of sp³-hybridized carbons (Fsp3) is 0. The second-order valence-corrected chi connectivity index (χ2v) is 13.3. The monoisotopic (exact) mass is 709 g/mol. The van der Waals surface area contributed by atoms with Gasteiger partial charge in [-0.15, -0.1) is 0 Å². The molecule has 9 aromatic rings. The quantitative estimate of drug-likeness (QED) is 0.152. The number of allylic oxidation sites excluding steroid dienone is 2. The van der Waals surface area contributed by atoms with E-state index in [0.717, 1.165) is 72.0 Å². The number of hydrogen-bond donors (Lipinski definition) is 2. The minimum atomic E-state index is 0.605. The molecule has 0 bridgehead atoms. The lowest BCUT2D eigenvalue weighted by Gasteiger charge is -2.13. The van der Waals surface area contributed by atoms with Crippen molar-refractivity contribution in [3.05, 3.63) is 199 Å². The van der Waals surface area contributed by atoms with Gasteiger partial charge in [-0.25, -0.2) is 15.0 Å². The lowest BCUT2D eigenvalue weighted by atomic mass is 9.91. The molecule has 0 aliphatic carbocycles. The van der Waals surface area contributed by atoms with Crippen LogP contribution in [0.5, 0.6) is 0 Å². The molecule has 262 valence electrons. The van der Waals surface area contributed by atoms with E-state index < -0.39 is 0 Å². The second-order valence-electron chi connectivity index (χ2n) is 13.3. The predicted octanol–water partition coefficient (Wildman–Crippen LogP) is 11.4. The van der Waals surface area contributed by atoms with E-state index >= 15 is 0 Å². The Morgan fingerprint density at radius 3 is 1.44 bits per heavy atom. The number of hydrogen-bond acceptors (Lipinski definition) is 6. The molecule has 0 radical (unpaired) electrons. The summed E-state index contributed by atoms with van der Waals surface area (Å²) in [7, 11) is 0. The maximum absolute atomic E-state index is 6.60. The van der Waals surface area contributed by atoms with Crippen molar-refractivity contribution in [2.75, 3.05) is 0 Å². The fourth-order valence-corrected chi connectivity index (χ4v) is 6.88. The van der Waals surface area contributed by atoms with Crippen LogP contribution in [0.4, 0.5) is 0 Å². The largest absolute Gasteiger partial charge is 0.455 e. The van der Waals surface area contributed by atoms with E-state index in [-0.39, 0.29) is 0 Å². The summed E-state index contributed by atoms with van der Waals surface area (Å²) >= 11 is 0. The highest BCUT2D eigenvalue weighted by atomic mass is 16.3. The number of nitrogens with zero attached hydrogens (tertiary/aromatic N) is 3. The highest BCUT2D eigenvalue weighted by Gasteiger charge is 2.19. The number of rotatable bonds is 8. The summed E-state index contributed by atoms with van der Waals surface area (Å²) in [5.41, 5.74) is 24.5. The molecule has 55 heavy (non-hydrogen) atoms. The zero-order valence-electron chi connectivity index (χ0n) is 29.8. The lowest BCUT2D eigenvalue weighted by molar-refractivity contribution is 0.670. The molecule has 0 fully saturated rings. The van der Waals surface area contributed by atoms with Crippen LogP contribution in [-0.4, -0.2) is 15.0 Å². The number of aromatic nitrogens is 3. The molecule has 6 nitrogen and oxygen atoms in total. The highest BCUT2D eigenvalue weighted by Crippen LogP contribution is 2.42. The predicted molar refractivity (Wildman–Crippen MR) is 225 cm³/mol. The van der Waals surface area contributed by atoms with Crippen molar-refractivity contribution in [1.29, 1.82) is 0 Å². The van der Waals surface area contributed by atoms with Crippen LogP contribution >= 0.6 is 0 Å². The van der Waals surface area contributed by atoms with Gasteiger partial charge in [0.15, 0.2) is 17.5 Å². The van der Waals surface area contributed by atoms with Gasteiger partial charge in [0.25, 0.3) is 0 Å². The van der Waals surface area contributed by atoms with Crippen molar-refractivity contribution in [2.24, 2.45) is 11.5 Å². The topological polar surface area (TPSA) is 104 Å². The molecule has 0 amide bonds. The Hall–Kier alpha value is -7.57. The van der Waals surface area contributed by atoms with E-state index in [0.29, 0.717) is 28.9 Å². The summed E-state index contributed by atoms with van der Waals surface area (Å²) in [4.78, 5) is 14.7. The Bertz CT molecular complexity index is 2790. The van der Waals surface area contributed by atoms with Crippen LogP contribution in [0.3, 0.4) is 0 Å². The average molecular weight is 710 g/mol. The van der Waals surface area contributed by atoms with Crippen molar-refractivity contribution in [2.45, 2.75) is 0 Å². The van der Waals surface area contributed by atoms with Gasteiger partial charge in [-0.05, 0) is 52.1 Å². The number of benzene rings is 7. The van der Waals surface area contributed by atoms with Gasteiger partial charge >= 0.3 is 0 Å². The third kappa shape index (κ3) is 6.65. The van der Waals surface area contributed by atoms with E-state index in [4.69, 9.17) is 30.8 Å². The summed E-state index contributed by atoms with van der Waals surface area (Å²) in [5.74, 6) is 1.86. The first-order chi connectivity index (χ1) is 27.1. The van der Waals surface area contributed by atoms with Gasteiger partial charge in [0.05, 0.1) is 0 Å². The van der Waals surface area contributed by atoms with E-state index in [2.05, 4.69) is 54.6 Å². The Morgan fingerprint density at radius 1 is 0.400 bits per heavy atom. The Kier molecular flexibility index (Phi) is 8.74. The molecule has 6 heteroatoms. The van der Waals surface area contributed by atoms with Crippen LogP contribution in [-0.2, 0) is 0 Å². The molecule has 4 N–H and O–H groups in total. The van der Waals surface area contributed by atoms with Gasteiger partial charge in [0.2, 0.25) is 0 Å². The maximum Gasteiger partial charge on any atom is 0.164 e. The second kappa shape index (κ2) is 14.5. The van der Waals surface area contributed by atoms with Crippen LogP contribution in [0.1, 0.15) is 11.1 Å². The molecule has 0 saturated carbocycles. The SMILES string of the molecule is N/C(=C\C=C(/N)c1ccc(-c2c(-c3ccc(-c4nc(-c5ccccc5)nc(-c5ccccc5)n4)cc3)ccc3c2oc2ccccc23)cc1)c1ccccc1. The molecular weight excluding hydrogens is 675 g/mol. The first-order valence-electron chi connectivity index (χ1n) is 18.1. The molecular formula is C49H35N5O. The number of nitrogens with two attached hydrogens (primary N) is 2. The van der Waals surface area contributed by atoms with Gasteiger partial charge in [0.1, 0.15) is 11.2 Å². The smallest absolute Gasteiger partial charge is 0.164 e. The Balaban J connectivity index is 1.11. The van der Waals surface area contributed by atoms with Gasteiger partial charge in [-0.2, -0.15) is 0 Å². The highest BCUT2D eigenvalue weighted by molar-refractivity contribution is 6.12. The van der Waals surface area contributed by atoms with Crippen molar-refractivity contribution < 1.29 is 4.42 Å². The number of furan rings is 1. The molecule has 0 aliphatic rings. The molecule has 0 unspecified atom stereocenters. The van der Waals surface area contributed by atoms with E-state index in [1.165, 1.54) is 0 Å². The Morgan fingerprint density at radius 2 is 0.855 bits per heavy atom. The van der Waals surface area contributed by atoms with Gasteiger partial charge in [-0.3, -0.25) is 0 Å². The third-order valence-electron chi connectivity index (χ3n) is 9.76. The van der Waals surface area contributed by atoms with Crippen molar-refractivity contribution in [3.63, 3.8) is 0 Å². The van der Waals surface area contributed by atoms with Gasteiger partial charge < -0.3 is 15.9 Å². The first-order valence-corrected chi connectivity index (χ1v) is 18.1. The fourth-order valence-electron chi connectivity index (χ4n) is 6.88. The molecule has 0 aliphatic heterocycles. The summed E-state index contributed by atoms with van der Waals surface area (Å²) in [6.45, 7) is 0. The lowest BCUT2D eigenvalue weighted by Crippen LogP contribution is -2.00. The Labute approximate surface area is 318 Å². The average Bonchev–Trinajstić information content (AvgIpc) is 3.65. The maximum atomic E-state index is 6.60. The standard InChI is InChI=1S/C49H35N5O/c50-42(33-12-4-1-5-13-33)30-31-43(51)34-22-24-35(25-23-34)45-39(28-29-41-40-18-10-11-19-44(40)55-46(41)45)32-20-26-38(27-21-32)49-53-47(36-14-6-2-7-15-36)52-48(54-49)37-16-8-3-9-17-37/h1-31H,50-51H2/b42-30-,43-31-. The molecule has 2 aromatic heterocycles. The molecule has 9 rings (SSSR count). The molecule has 0 spiro atoms. The van der Waals surface area contributed by atoms with Crippen LogP contribution in [0.25, 0.3) is 89.7 Å². The molecule has 0 saturated heterocycles. The van der Waals surface area contributed by atoms with Crippen molar-refractivity contribution >= 4 is 33.3 Å². The van der Waals surface area contributed by atoms with Crippen LogP contribution in [0.15, 0.2) is 192 Å². The minimum absolute atomic E-state index is 0.605. The molecule has 0 atom stereocenters. The van der Waals surface area contributed by atoms with Crippen molar-refractivity contribution in [3.8, 4) is 56.4 Å².